The Morgan fingerprint density at radius 3 is 2.61 bits per heavy atom. The van der Waals surface area contributed by atoms with E-state index in [-0.39, 0.29) is 12.2 Å². The summed E-state index contributed by atoms with van der Waals surface area (Å²) in [6, 6.07) is 8.76. The first-order chi connectivity index (χ1) is 16.0. The van der Waals surface area contributed by atoms with Crippen LogP contribution in [0.4, 0.5) is 0 Å². The van der Waals surface area contributed by atoms with Crippen molar-refractivity contribution in [2.75, 3.05) is 13.1 Å². The molecular weight excluding hydrogens is 416 g/mol. The first kappa shape index (κ1) is 21.4. The van der Waals surface area contributed by atoms with Crippen molar-refractivity contribution in [1.29, 1.82) is 0 Å². The maximum absolute atomic E-state index is 12.9. The summed E-state index contributed by atoms with van der Waals surface area (Å²) in [5, 5.41) is 22.1. The average molecular weight is 445 g/mol. The summed E-state index contributed by atoms with van der Waals surface area (Å²) in [5.74, 6) is -0.0991. The minimum atomic E-state index is -0.0991. The molecule has 0 spiro atoms. The van der Waals surface area contributed by atoms with E-state index in [2.05, 4.69) is 50.4 Å². The zero-order valence-corrected chi connectivity index (χ0v) is 19.2. The van der Waals surface area contributed by atoms with E-state index in [0.29, 0.717) is 23.5 Å². The van der Waals surface area contributed by atoms with Crippen molar-refractivity contribution in [3.63, 3.8) is 0 Å². The van der Waals surface area contributed by atoms with Crippen LogP contribution >= 0.6 is 0 Å². The SMILES string of the molecule is CC(C)N1CCC(n2cc(C(=O)Cc3cc4cc(-c5cnn(C)c5)ccc4nn3)nn2)CC1. The van der Waals surface area contributed by atoms with Crippen molar-refractivity contribution < 1.29 is 4.79 Å². The Labute approximate surface area is 192 Å². The number of carbonyl (C=O) groups excluding carboxylic acids is 1. The third-order valence-corrected chi connectivity index (χ3v) is 6.42. The highest BCUT2D eigenvalue weighted by molar-refractivity contribution is 5.95. The maximum Gasteiger partial charge on any atom is 0.190 e. The summed E-state index contributed by atoms with van der Waals surface area (Å²) in [4.78, 5) is 15.3. The number of nitrogens with zero attached hydrogens (tertiary/aromatic N) is 8. The number of ketones is 1. The summed E-state index contributed by atoms with van der Waals surface area (Å²) in [7, 11) is 1.89. The number of carbonyl (C=O) groups is 1. The highest BCUT2D eigenvalue weighted by Crippen LogP contribution is 2.24. The zero-order chi connectivity index (χ0) is 22.9. The van der Waals surface area contributed by atoms with E-state index >= 15 is 0 Å². The van der Waals surface area contributed by atoms with Gasteiger partial charge in [0.25, 0.3) is 0 Å². The normalized spacial score (nSPS) is 15.5. The molecule has 0 amide bonds. The number of aromatic nitrogens is 7. The second-order valence-electron chi connectivity index (χ2n) is 9.06. The highest BCUT2D eigenvalue weighted by Gasteiger charge is 2.24. The van der Waals surface area contributed by atoms with Gasteiger partial charge in [-0.25, -0.2) is 4.68 Å². The molecule has 1 aromatic carbocycles. The van der Waals surface area contributed by atoms with Gasteiger partial charge >= 0.3 is 0 Å². The molecule has 1 fully saturated rings. The van der Waals surface area contributed by atoms with E-state index in [1.54, 1.807) is 10.9 Å². The Hall–Kier alpha value is -3.46. The van der Waals surface area contributed by atoms with Gasteiger partial charge in [0.15, 0.2) is 5.78 Å². The van der Waals surface area contributed by atoms with Crippen LogP contribution in [0.15, 0.2) is 42.9 Å². The molecule has 1 aliphatic rings. The van der Waals surface area contributed by atoms with Gasteiger partial charge in [-0.2, -0.15) is 15.3 Å². The smallest absolute Gasteiger partial charge is 0.190 e. The molecular formula is C24H28N8O. The fraction of sp³-hybridized carbons (Fsp3) is 0.417. The molecule has 4 aromatic rings. The zero-order valence-electron chi connectivity index (χ0n) is 19.2. The van der Waals surface area contributed by atoms with Crippen LogP contribution < -0.4 is 0 Å². The van der Waals surface area contributed by atoms with Crippen LogP contribution in [0, 0.1) is 0 Å². The monoisotopic (exact) mass is 444 g/mol. The quantitative estimate of drug-likeness (QED) is 0.422. The molecule has 9 heteroatoms. The van der Waals surface area contributed by atoms with Crippen molar-refractivity contribution in [2.45, 2.75) is 45.2 Å². The number of aryl methyl sites for hydroxylation is 1. The molecule has 0 N–H and O–H groups in total. The van der Waals surface area contributed by atoms with Gasteiger partial charge < -0.3 is 4.90 Å². The fourth-order valence-electron chi connectivity index (χ4n) is 4.43. The molecule has 1 aliphatic heterocycles. The van der Waals surface area contributed by atoms with E-state index in [1.807, 2.05) is 42.3 Å². The van der Waals surface area contributed by atoms with Crippen LogP contribution in [0.2, 0.25) is 0 Å². The Bertz CT molecular complexity index is 1280. The van der Waals surface area contributed by atoms with Gasteiger partial charge in [0.1, 0.15) is 5.69 Å². The molecule has 0 atom stereocenters. The lowest BCUT2D eigenvalue weighted by Gasteiger charge is -2.34. The van der Waals surface area contributed by atoms with Gasteiger partial charge in [-0.3, -0.25) is 9.48 Å². The number of hydrogen-bond donors (Lipinski definition) is 0. The molecule has 4 heterocycles. The molecule has 33 heavy (non-hydrogen) atoms. The number of Topliss-reactive ketones (excluding diaryl/α,β-unsaturated/α-hetero) is 1. The summed E-state index contributed by atoms with van der Waals surface area (Å²) in [5.41, 5.74) is 3.87. The van der Waals surface area contributed by atoms with E-state index in [1.165, 1.54) is 0 Å². The summed E-state index contributed by atoms with van der Waals surface area (Å²) in [6.45, 7) is 6.53. The van der Waals surface area contributed by atoms with Crippen molar-refractivity contribution in [1.82, 2.24) is 39.9 Å². The molecule has 1 saturated heterocycles. The Kier molecular flexibility index (Phi) is 5.72. The lowest BCUT2D eigenvalue weighted by molar-refractivity contribution is 0.0987. The van der Waals surface area contributed by atoms with E-state index in [9.17, 15) is 4.79 Å². The summed E-state index contributed by atoms with van der Waals surface area (Å²) < 4.78 is 3.63. The predicted octanol–water partition coefficient (Wildman–Crippen LogP) is 3.09. The molecule has 0 unspecified atom stereocenters. The predicted molar refractivity (Wildman–Crippen MR) is 125 cm³/mol. The van der Waals surface area contributed by atoms with Crippen molar-refractivity contribution in [3.05, 3.63) is 54.2 Å². The average Bonchev–Trinajstić information content (AvgIpc) is 3.48. The standard InChI is InChI=1S/C24H28N8O/c1-16(2)31-8-6-21(7-9-31)32-15-23(28-29-32)24(33)12-20-11-18-10-17(4-5-22(18)27-26-20)19-13-25-30(3)14-19/h4-5,10-11,13-16,21H,6-9,12H2,1-3H3. The molecule has 0 radical (unpaired) electrons. The van der Waals surface area contributed by atoms with Crippen molar-refractivity contribution in [3.8, 4) is 11.1 Å². The lowest BCUT2D eigenvalue weighted by Crippen LogP contribution is -2.39. The molecule has 170 valence electrons. The highest BCUT2D eigenvalue weighted by atomic mass is 16.1. The van der Waals surface area contributed by atoms with E-state index in [0.717, 1.165) is 48.0 Å². The van der Waals surface area contributed by atoms with Crippen LogP contribution in [-0.2, 0) is 13.5 Å². The molecule has 5 rings (SSSR count). The number of piperidine rings is 1. The lowest BCUT2D eigenvalue weighted by atomic mass is 10.0. The van der Waals surface area contributed by atoms with Gasteiger partial charge in [-0.05, 0) is 50.5 Å². The Balaban J connectivity index is 1.29. The van der Waals surface area contributed by atoms with Gasteiger partial charge in [-0.1, -0.05) is 11.3 Å². The largest absolute Gasteiger partial charge is 0.301 e. The first-order valence-electron chi connectivity index (χ1n) is 11.4. The molecule has 3 aromatic heterocycles. The third kappa shape index (κ3) is 4.54. The van der Waals surface area contributed by atoms with E-state index < -0.39 is 0 Å². The van der Waals surface area contributed by atoms with E-state index in [4.69, 9.17) is 0 Å². The number of rotatable bonds is 6. The molecule has 0 bridgehead atoms. The minimum absolute atomic E-state index is 0.0991. The molecule has 0 aliphatic carbocycles. The van der Waals surface area contributed by atoms with Crippen LogP contribution in [0.3, 0.4) is 0 Å². The second-order valence-corrected chi connectivity index (χ2v) is 9.06. The maximum atomic E-state index is 12.9. The third-order valence-electron chi connectivity index (χ3n) is 6.42. The number of benzene rings is 1. The first-order valence-corrected chi connectivity index (χ1v) is 11.4. The number of hydrogen-bond acceptors (Lipinski definition) is 7. The van der Waals surface area contributed by atoms with Crippen molar-refractivity contribution >= 4 is 16.7 Å². The van der Waals surface area contributed by atoms with Crippen LogP contribution in [0.25, 0.3) is 22.0 Å². The molecule has 9 nitrogen and oxygen atoms in total. The topological polar surface area (TPSA) is 94.6 Å². The summed E-state index contributed by atoms with van der Waals surface area (Å²) >= 11 is 0. The van der Waals surface area contributed by atoms with Crippen LogP contribution in [0.5, 0.6) is 0 Å². The summed E-state index contributed by atoms with van der Waals surface area (Å²) in [6.07, 6.45) is 7.76. The van der Waals surface area contributed by atoms with Crippen molar-refractivity contribution in [2.24, 2.45) is 7.05 Å². The van der Waals surface area contributed by atoms with Gasteiger partial charge in [0.2, 0.25) is 0 Å². The Morgan fingerprint density at radius 2 is 1.88 bits per heavy atom. The fourth-order valence-corrected chi connectivity index (χ4v) is 4.43. The molecule has 0 saturated carbocycles. The van der Waals surface area contributed by atoms with Gasteiger partial charge in [0.05, 0.1) is 36.1 Å². The number of fused-ring (bicyclic) bond motifs is 1. The van der Waals surface area contributed by atoms with Crippen LogP contribution in [-0.4, -0.2) is 64.8 Å². The number of likely N-dealkylation sites (tertiary alicyclic amines) is 1. The Morgan fingerprint density at radius 1 is 1.06 bits per heavy atom. The van der Waals surface area contributed by atoms with Gasteiger partial charge in [-0.15, -0.1) is 5.10 Å². The van der Waals surface area contributed by atoms with Crippen LogP contribution in [0.1, 0.15) is 48.9 Å². The minimum Gasteiger partial charge on any atom is -0.301 e. The van der Waals surface area contributed by atoms with Gasteiger partial charge in [0, 0.05) is 43.3 Å². The second kappa shape index (κ2) is 8.82.